The Morgan fingerprint density at radius 2 is 1.59 bits per heavy atom. The second-order valence-corrected chi connectivity index (χ2v) is 4.64. The molecule has 0 atom stereocenters. The predicted octanol–water partition coefficient (Wildman–Crippen LogP) is 4.89. The van der Waals surface area contributed by atoms with Gasteiger partial charge in [0.25, 0.3) is 5.69 Å². The molecule has 0 saturated heterocycles. The lowest BCUT2D eigenvalue weighted by molar-refractivity contribution is -0.384. The van der Waals surface area contributed by atoms with Crippen molar-refractivity contribution in [2.75, 3.05) is 0 Å². The highest BCUT2D eigenvalue weighted by molar-refractivity contribution is 5.63. The Balaban J connectivity index is 0.000000255. The molecule has 6 nitrogen and oxygen atoms in total. The third kappa shape index (κ3) is 7.37. The Bertz CT molecular complexity index is 491. The molecule has 2 rings (SSSR count). The van der Waals surface area contributed by atoms with E-state index >= 15 is 0 Å². The van der Waals surface area contributed by atoms with Crippen molar-refractivity contribution in [2.24, 2.45) is 0 Å². The van der Waals surface area contributed by atoms with Crippen molar-refractivity contribution in [3.05, 3.63) is 46.5 Å². The molecule has 0 aromatic heterocycles. The van der Waals surface area contributed by atoms with Gasteiger partial charge in [-0.2, -0.15) is 4.79 Å². The van der Waals surface area contributed by atoms with Crippen molar-refractivity contribution in [1.29, 1.82) is 0 Å². The Morgan fingerprint density at radius 1 is 1.05 bits per heavy atom. The van der Waals surface area contributed by atoms with Crippen molar-refractivity contribution in [2.45, 2.75) is 38.5 Å². The highest BCUT2D eigenvalue weighted by Gasteiger charge is 2.08. The standard InChI is InChI=1S/C8H14.C7H4FNO5/c1-2-4-6-8-7-5-3-1;8-14-7(10)13-6-3-1-5(2-4-6)9(11)12/h1-2H,3-8H2;1-4H/b2-1+;. The molecule has 22 heavy (non-hydrogen) atoms. The van der Waals surface area contributed by atoms with Gasteiger partial charge in [-0.15, -0.1) is 0 Å². The summed E-state index contributed by atoms with van der Waals surface area (Å²) in [5, 5.41) is 10.2. The van der Waals surface area contributed by atoms with Crippen molar-refractivity contribution in [3.63, 3.8) is 0 Å². The second kappa shape index (κ2) is 10.3. The molecule has 1 aliphatic rings. The molecule has 120 valence electrons. The number of allylic oxidation sites excluding steroid dienone is 2. The molecule has 0 spiro atoms. The van der Waals surface area contributed by atoms with Crippen LogP contribution in [0, 0.1) is 10.1 Å². The van der Waals surface area contributed by atoms with Gasteiger partial charge >= 0.3 is 6.16 Å². The number of hydrogen-bond donors (Lipinski definition) is 0. The van der Waals surface area contributed by atoms with E-state index in [0.29, 0.717) is 0 Å². The molecule has 0 aliphatic heterocycles. The maximum atomic E-state index is 11.2. The van der Waals surface area contributed by atoms with Crippen LogP contribution in [0.25, 0.3) is 0 Å². The number of ether oxygens (including phenoxy) is 1. The van der Waals surface area contributed by atoms with Crippen LogP contribution in [0.3, 0.4) is 0 Å². The van der Waals surface area contributed by atoms with Gasteiger partial charge in [0.15, 0.2) is 0 Å². The minimum absolute atomic E-state index is 0.0433. The Kier molecular flexibility index (Phi) is 8.25. The molecule has 7 heteroatoms. The van der Waals surface area contributed by atoms with Gasteiger partial charge < -0.3 is 4.74 Å². The van der Waals surface area contributed by atoms with Gasteiger partial charge in [-0.1, -0.05) is 25.0 Å². The quantitative estimate of drug-likeness (QED) is 0.255. The van der Waals surface area contributed by atoms with Gasteiger partial charge in [-0.3, -0.25) is 10.1 Å². The average Bonchev–Trinajstić information content (AvgIpc) is 2.47. The summed E-state index contributed by atoms with van der Waals surface area (Å²) in [6.45, 7) is 0. The van der Waals surface area contributed by atoms with E-state index in [4.69, 9.17) is 0 Å². The SMILES string of the molecule is C1=C/CCCCCC/1.O=C(OF)Oc1ccc([N+](=O)[O-])cc1. The molecule has 1 aromatic carbocycles. The van der Waals surface area contributed by atoms with Gasteiger partial charge in [0.1, 0.15) is 5.75 Å². The van der Waals surface area contributed by atoms with Gasteiger partial charge in [0.2, 0.25) is 0 Å². The van der Waals surface area contributed by atoms with Crippen LogP contribution < -0.4 is 4.74 Å². The van der Waals surface area contributed by atoms with Crippen LogP contribution in [0.2, 0.25) is 0 Å². The van der Waals surface area contributed by atoms with Crippen LogP contribution in [-0.2, 0) is 4.94 Å². The van der Waals surface area contributed by atoms with Gasteiger partial charge in [-0.05, 0) is 37.8 Å². The molecular formula is C15H18FNO5. The van der Waals surface area contributed by atoms with Crippen LogP contribution >= 0.6 is 0 Å². The summed E-state index contributed by atoms with van der Waals surface area (Å²) in [6.07, 6.45) is 11.5. The Morgan fingerprint density at radius 3 is 2.05 bits per heavy atom. The fourth-order valence-corrected chi connectivity index (χ4v) is 1.86. The van der Waals surface area contributed by atoms with E-state index in [1.165, 1.54) is 38.5 Å². The van der Waals surface area contributed by atoms with E-state index in [0.717, 1.165) is 24.3 Å². The first kappa shape index (κ1) is 17.6. The van der Waals surface area contributed by atoms with Gasteiger partial charge in [0.05, 0.1) is 4.92 Å². The lowest BCUT2D eigenvalue weighted by Gasteiger charge is -2.00. The first-order chi connectivity index (χ1) is 10.6. The van der Waals surface area contributed by atoms with Crippen molar-refractivity contribution in [3.8, 4) is 5.75 Å². The summed E-state index contributed by atoms with van der Waals surface area (Å²) in [4.78, 5) is 22.6. The number of nitrogens with zero attached hydrogens (tertiary/aromatic N) is 1. The minimum Gasteiger partial charge on any atom is -0.393 e. The van der Waals surface area contributed by atoms with Crippen LogP contribution in [0.1, 0.15) is 38.5 Å². The average molecular weight is 311 g/mol. The summed E-state index contributed by atoms with van der Waals surface area (Å²) < 4.78 is 15.4. The first-order valence-corrected chi connectivity index (χ1v) is 7.03. The fourth-order valence-electron chi connectivity index (χ4n) is 1.86. The fraction of sp³-hybridized carbons (Fsp3) is 0.400. The van der Waals surface area contributed by atoms with Gasteiger partial charge in [0, 0.05) is 16.7 Å². The molecule has 1 aliphatic carbocycles. The Hall–Kier alpha value is -2.44. The van der Waals surface area contributed by atoms with Crippen LogP contribution in [0.15, 0.2) is 36.4 Å². The Labute approximate surface area is 127 Å². The van der Waals surface area contributed by atoms with E-state index in [-0.39, 0.29) is 11.4 Å². The first-order valence-electron chi connectivity index (χ1n) is 7.03. The third-order valence-corrected chi connectivity index (χ3v) is 2.97. The number of halogens is 1. The van der Waals surface area contributed by atoms with Crippen molar-refractivity contribution >= 4 is 11.8 Å². The summed E-state index contributed by atoms with van der Waals surface area (Å²) >= 11 is 0. The third-order valence-electron chi connectivity index (χ3n) is 2.97. The molecule has 0 saturated carbocycles. The zero-order chi connectivity index (χ0) is 16.2. The van der Waals surface area contributed by atoms with Crippen LogP contribution in [0.4, 0.5) is 15.0 Å². The highest BCUT2D eigenvalue weighted by Crippen LogP contribution is 2.17. The summed E-state index contributed by atoms with van der Waals surface area (Å²) in [5.41, 5.74) is -0.161. The molecule has 0 radical (unpaired) electrons. The lowest BCUT2D eigenvalue weighted by atomic mass is 10.1. The van der Waals surface area contributed by atoms with E-state index in [9.17, 15) is 19.4 Å². The molecule has 0 amide bonds. The number of carbonyl (C=O) groups excluding carboxylic acids is 1. The highest BCUT2D eigenvalue weighted by atomic mass is 19.3. The summed E-state index contributed by atoms with van der Waals surface area (Å²) in [6, 6.07) is 4.52. The van der Waals surface area contributed by atoms with Crippen molar-refractivity contribution < 1.29 is 23.9 Å². The predicted molar refractivity (Wildman–Crippen MR) is 78.2 cm³/mol. The number of nitro benzene ring substituents is 1. The van der Waals surface area contributed by atoms with Crippen LogP contribution in [0.5, 0.6) is 5.75 Å². The van der Waals surface area contributed by atoms with E-state index < -0.39 is 11.1 Å². The van der Waals surface area contributed by atoms with E-state index in [1.54, 1.807) is 0 Å². The monoisotopic (exact) mass is 311 g/mol. The number of rotatable bonds is 2. The molecule has 0 N–H and O–H groups in total. The molecule has 1 aromatic rings. The normalized spacial score (nSPS) is 15.3. The maximum absolute atomic E-state index is 11.2. The summed E-state index contributed by atoms with van der Waals surface area (Å²) in [7, 11) is 0. The molecular weight excluding hydrogens is 293 g/mol. The number of hydrogen-bond acceptors (Lipinski definition) is 5. The molecule has 0 unspecified atom stereocenters. The second-order valence-electron chi connectivity index (χ2n) is 4.64. The zero-order valence-electron chi connectivity index (χ0n) is 12.1. The topological polar surface area (TPSA) is 78.7 Å². The molecule has 0 bridgehead atoms. The largest absolute Gasteiger partial charge is 0.550 e. The van der Waals surface area contributed by atoms with E-state index in [2.05, 4.69) is 21.8 Å². The van der Waals surface area contributed by atoms with E-state index in [1.807, 2.05) is 0 Å². The molecule has 0 fully saturated rings. The zero-order valence-corrected chi connectivity index (χ0v) is 12.1. The van der Waals surface area contributed by atoms with Gasteiger partial charge in [-0.25, -0.2) is 4.94 Å². The minimum atomic E-state index is -1.53. The van der Waals surface area contributed by atoms with Crippen molar-refractivity contribution in [1.82, 2.24) is 0 Å². The number of benzene rings is 1. The molecule has 0 heterocycles. The number of nitro groups is 1. The number of non-ortho nitro benzene ring substituents is 1. The smallest absolute Gasteiger partial charge is 0.393 e. The number of carbonyl (C=O) groups is 1. The lowest BCUT2D eigenvalue weighted by Crippen LogP contribution is -2.04. The maximum Gasteiger partial charge on any atom is 0.550 e. The van der Waals surface area contributed by atoms with Crippen LogP contribution in [-0.4, -0.2) is 11.1 Å². The summed E-state index contributed by atoms with van der Waals surface area (Å²) in [5.74, 6) is -0.0433.